The first-order valence-corrected chi connectivity index (χ1v) is 8.72. The Bertz CT molecular complexity index is 274. The first-order chi connectivity index (χ1) is 9.92. The van der Waals surface area contributed by atoms with Crippen LogP contribution >= 0.6 is 0 Å². The van der Waals surface area contributed by atoms with Gasteiger partial charge in [0.1, 0.15) is 0 Å². The summed E-state index contributed by atoms with van der Waals surface area (Å²) < 4.78 is 39.0. The second kappa shape index (κ2) is 9.02. The average molecular weight is 307 g/mol. The van der Waals surface area contributed by atoms with E-state index in [0.29, 0.717) is 18.8 Å². The molecule has 4 heteroatoms. The van der Waals surface area contributed by atoms with Crippen molar-refractivity contribution in [2.75, 3.05) is 6.54 Å². The molecule has 0 aromatic carbocycles. The van der Waals surface area contributed by atoms with Crippen LogP contribution in [0.5, 0.6) is 0 Å². The van der Waals surface area contributed by atoms with E-state index in [1.807, 2.05) is 0 Å². The first-order valence-electron chi connectivity index (χ1n) is 8.72. The van der Waals surface area contributed by atoms with Gasteiger partial charge in [-0.15, -0.1) is 0 Å². The highest BCUT2D eigenvalue weighted by molar-refractivity contribution is 4.86. The molecule has 1 saturated carbocycles. The molecular weight excluding hydrogens is 275 g/mol. The molecule has 1 rings (SSSR count). The van der Waals surface area contributed by atoms with Crippen LogP contribution in [-0.4, -0.2) is 18.8 Å². The maximum Gasteiger partial charge on any atom is 0.391 e. The Hall–Kier alpha value is -0.250. The Morgan fingerprint density at radius 2 is 1.76 bits per heavy atom. The summed E-state index contributed by atoms with van der Waals surface area (Å²) in [5, 5.41) is 3.54. The molecule has 1 aliphatic rings. The Morgan fingerprint density at radius 1 is 1.10 bits per heavy atom. The number of rotatable bonds is 8. The van der Waals surface area contributed by atoms with Gasteiger partial charge in [-0.1, -0.05) is 40.0 Å². The predicted molar refractivity (Wildman–Crippen MR) is 82.3 cm³/mol. The fraction of sp³-hybridized carbons (Fsp3) is 1.00. The van der Waals surface area contributed by atoms with Gasteiger partial charge in [0.25, 0.3) is 0 Å². The Morgan fingerprint density at radius 3 is 2.29 bits per heavy atom. The minimum Gasteiger partial charge on any atom is -0.314 e. The topological polar surface area (TPSA) is 12.0 Å². The van der Waals surface area contributed by atoms with Crippen molar-refractivity contribution in [1.29, 1.82) is 0 Å². The first kappa shape index (κ1) is 18.8. The lowest BCUT2D eigenvalue weighted by molar-refractivity contribution is -0.186. The second-order valence-electron chi connectivity index (χ2n) is 6.64. The number of hydrogen-bond acceptors (Lipinski definition) is 1. The van der Waals surface area contributed by atoms with Crippen LogP contribution in [0.3, 0.4) is 0 Å². The van der Waals surface area contributed by atoms with Gasteiger partial charge in [0.15, 0.2) is 0 Å². The zero-order valence-corrected chi connectivity index (χ0v) is 13.8. The molecule has 1 fully saturated rings. The summed E-state index contributed by atoms with van der Waals surface area (Å²) in [6.45, 7) is 7.40. The molecule has 3 unspecified atom stereocenters. The van der Waals surface area contributed by atoms with Gasteiger partial charge >= 0.3 is 6.18 Å². The van der Waals surface area contributed by atoms with Crippen LogP contribution in [0.2, 0.25) is 0 Å². The minimum atomic E-state index is -4.01. The molecule has 0 spiro atoms. The van der Waals surface area contributed by atoms with Gasteiger partial charge in [-0.3, -0.25) is 0 Å². The molecule has 0 aliphatic heterocycles. The second-order valence-corrected chi connectivity index (χ2v) is 6.64. The molecule has 0 heterocycles. The van der Waals surface area contributed by atoms with Crippen molar-refractivity contribution < 1.29 is 13.2 Å². The minimum absolute atomic E-state index is 0.192. The normalized spacial score (nSPS) is 25.3. The molecule has 1 N–H and O–H groups in total. The zero-order valence-electron chi connectivity index (χ0n) is 13.8. The molecule has 0 aromatic rings. The Labute approximate surface area is 128 Å². The van der Waals surface area contributed by atoms with Crippen molar-refractivity contribution in [3.63, 3.8) is 0 Å². The third-order valence-electron chi connectivity index (χ3n) is 5.15. The zero-order chi connectivity index (χ0) is 15.9. The standard InChI is InChI=1S/C17H32F3N/c1-4-10-21-16(11-13(5-2)6-3)14-8-7-9-15(12-14)17(18,19)20/h13-16,21H,4-12H2,1-3H3. The molecule has 126 valence electrons. The smallest absolute Gasteiger partial charge is 0.314 e. The largest absolute Gasteiger partial charge is 0.391 e. The number of hydrogen-bond donors (Lipinski definition) is 1. The molecule has 21 heavy (non-hydrogen) atoms. The van der Waals surface area contributed by atoms with Crippen molar-refractivity contribution in [3.8, 4) is 0 Å². The van der Waals surface area contributed by atoms with Gasteiger partial charge in [-0.05, 0) is 50.5 Å². The lowest BCUT2D eigenvalue weighted by Crippen LogP contribution is -2.42. The average Bonchev–Trinajstić information content (AvgIpc) is 2.47. The van der Waals surface area contributed by atoms with Crippen LogP contribution in [0.4, 0.5) is 13.2 Å². The lowest BCUT2D eigenvalue weighted by Gasteiger charge is -2.37. The molecular formula is C17H32F3N. The summed E-state index contributed by atoms with van der Waals surface area (Å²) in [6.07, 6.45) is 2.62. The summed E-state index contributed by atoms with van der Waals surface area (Å²) in [5.41, 5.74) is 0. The van der Waals surface area contributed by atoms with Crippen LogP contribution in [0.1, 0.15) is 72.1 Å². The summed E-state index contributed by atoms with van der Waals surface area (Å²) in [6, 6.07) is 0.264. The fourth-order valence-electron chi connectivity index (χ4n) is 3.64. The van der Waals surface area contributed by atoms with E-state index in [-0.39, 0.29) is 12.0 Å². The quantitative estimate of drug-likeness (QED) is 0.620. The van der Waals surface area contributed by atoms with Crippen molar-refractivity contribution in [3.05, 3.63) is 0 Å². The van der Waals surface area contributed by atoms with E-state index < -0.39 is 12.1 Å². The molecule has 0 amide bonds. The van der Waals surface area contributed by atoms with E-state index in [4.69, 9.17) is 0 Å². The van der Waals surface area contributed by atoms with Gasteiger partial charge in [0.05, 0.1) is 5.92 Å². The van der Waals surface area contributed by atoms with Gasteiger partial charge in [0, 0.05) is 6.04 Å². The molecule has 1 aliphatic carbocycles. The van der Waals surface area contributed by atoms with E-state index >= 15 is 0 Å². The number of alkyl halides is 3. The van der Waals surface area contributed by atoms with Crippen molar-refractivity contribution in [2.24, 2.45) is 17.8 Å². The van der Waals surface area contributed by atoms with Crippen LogP contribution in [0.15, 0.2) is 0 Å². The highest BCUT2D eigenvalue weighted by atomic mass is 19.4. The molecule has 0 aromatic heterocycles. The highest BCUT2D eigenvalue weighted by Gasteiger charge is 2.43. The third-order valence-corrected chi connectivity index (χ3v) is 5.15. The van der Waals surface area contributed by atoms with Crippen molar-refractivity contribution in [1.82, 2.24) is 5.32 Å². The van der Waals surface area contributed by atoms with Crippen molar-refractivity contribution >= 4 is 0 Å². The van der Waals surface area contributed by atoms with Gasteiger partial charge in [0.2, 0.25) is 0 Å². The van der Waals surface area contributed by atoms with Crippen LogP contribution in [0.25, 0.3) is 0 Å². The molecule has 1 nitrogen and oxygen atoms in total. The number of halogens is 3. The summed E-state index contributed by atoms with van der Waals surface area (Å²) >= 11 is 0. The molecule has 3 atom stereocenters. The van der Waals surface area contributed by atoms with E-state index in [0.717, 1.165) is 45.1 Å². The summed E-state index contributed by atoms with van der Waals surface area (Å²) in [4.78, 5) is 0. The maximum atomic E-state index is 13.0. The summed E-state index contributed by atoms with van der Waals surface area (Å²) in [7, 11) is 0. The van der Waals surface area contributed by atoms with E-state index in [1.54, 1.807) is 0 Å². The number of nitrogens with one attached hydrogen (secondary N) is 1. The molecule has 0 radical (unpaired) electrons. The van der Waals surface area contributed by atoms with Gasteiger partial charge < -0.3 is 5.32 Å². The lowest BCUT2D eigenvalue weighted by atomic mass is 9.75. The Balaban J connectivity index is 2.67. The summed E-state index contributed by atoms with van der Waals surface area (Å²) in [5.74, 6) is -0.257. The van der Waals surface area contributed by atoms with E-state index in [9.17, 15) is 13.2 Å². The fourth-order valence-corrected chi connectivity index (χ4v) is 3.64. The SMILES string of the molecule is CCCNC(CC(CC)CC)C1CCCC(C(F)(F)F)C1. The molecule has 0 saturated heterocycles. The maximum absolute atomic E-state index is 13.0. The van der Waals surface area contributed by atoms with Gasteiger partial charge in [-0.2, -0.15) is 13.2 Å². The third kappa shape index (κ3) is 6.17. The van der Waals surface area contributed by atoms with Gasteiger partial charge in [-0.25, -0.2) is 0 Å². The van der Waals surface area contributed by atoms with Crippen LogP contribution < -0.4 is 5.32 Å². The monoisotopic (exact) mass is 307 g/mol. The highest BCUT2D eigenvalue weighted by Crippen LogP contribution is 2.41. The van der Waals surface area contributed by atoms with Crippen LogP contribution in [-0.2, 0) is 0 Å². The van der Waals surface area contributed by atoms with E-state index in [2.05, 4.69) is 26.1 Å². The Kier molecular flexibility index (Phi) is 8.07. The van der Waals surface area contributed by atoms with E-state index in [1.165, 1.54) is 0 Å². The molecule has 0 bridgehead atoms. The van der Waals surface area contributed by atoms with Crippen LogP contribution in [0, 0.1) is 17.8 Å². The predicted octanol–water partition coefficient (Wildman–Crippen LogP) is 5.55. The van der Waals surface area contributed by atoms with Crippen molar-refractivity contribution in [2.45, 2.75) is 84.4 Å².